The van der Waals surface area contributed by atoms with E-state index in [2.05, 4.69) is 0 Å². The molecular weight excluding hydrogens is 220 g/mol. The van der Waals surface area contributed by atoms with Crippen molar-refractivity contribution in [1.29, 1.82) is 0 Å². The summed E-state index contributed by atoms with van der Waals surface area (Å²) < 4.78 is 25.6. The molecule has 16 heavy (non-hydrogen) atoms. The molecule has 0 saturated heterocycles. The van der Waals surface area contributed by atoms with Gasteiger partial charge in [0.05, 0.1) is 6.04 Å². The van der Waals surface area contributed by atoms with Crippen LogP contribution in [0.4, 0.5) is 13.6 Å². The molecule has 0 heterocycles. The zero-order chi connectivity index (χ0) is 12.1. The van der Waals surface area contributed by atoms with Gasteiger partial charge in [0, 0.05) is 6.07 Å². The third-order valence-corrected chi connectivity index (χ3v) is 1.85. The van der Waals surface area contributed by atoms with E-state index in [9.17, 15) is 18.4 Å². The first-order valence-electron chi connectivity index (χ1n) is 4.41. The van der Waals surface area contributed by atoms with Gasteiger partial charge in [-0.1, -0.05) is 0 Å². The van der Waals surface area contributed by atoms with Crippen LogP contribution in [0.3, 0.4) is 0 Å². The van der Waals surface area contributed by atoms with Crippen LogP contribution in [0.5, 0.6) is 0 Å². The summed E-state index contributed by atoms with van der Waals surface area (Å²) in [5, 5.41) is 10.3. The van der Waals surface area contributed by atoms with Crippen LogP contribution in [-0.2, 0) is 11.2 Å². The third-order valence-electron chi connectivity index (χ3n) is 1.85. The number of hydrogen-bond acceptors (Lipinski definition) is 2. The Morgan fingerprint density at radius 2 is 1.94 bits per heavy atom. The second-order valence-corrected chi connectivity index (χ2v) is 3.17. The normalized spacial score (nSPS) is 11.9. The summed E-state index contributed by atoms with van der Waals surface area (Å²) in [5.74, 6) is -1.54. The highest BCUT2D eigenvalue weighted by Crippen LogP contribution is 2.09. The molecule has 0 radical (unpaired) electrons. The Kier molecular flexibility index (Phi) is 3.93. The van der Waals surface area contributed by atoms with Gasteiger partial charge in [-0.2, -0.15) is 0 Å². The average molecular weight is 229 g/mol. The number of carboxylic acid groups (broad SMARTS) is 1. The van der Waals surface area contributed by atoms with Crippen molar-refractivity contribution in [1.82, 2.24) is 5.32 Å². The van der Waals surface area contributed by atoms with Gasteiger partial charge < -0.3 is 15.2 Å². The van der Waals surface area contributed by atoms with E-state index in [1.54, 1.807) is 0 Å². The summed E-state index contributed by atoms with van der Waals surface area (Å²) >= 11 is 0. The number of rotatable bonds is 4. The molecule has 0 bridgehead atoms. The predicted molar refractivity (Wildman–Crippen MR) is 51.1 cm³/mol. The number of carbonyl (C=O) groups is 2. The Balaban J connectivity index is 2.77. The first-order chi connectivity index (χ1) is 7.51. The maximum Gasteiger partial charge on any atom is 0.405 e. The molecule has 1 aromatic rings. The van der Waals surface area contributed by atoms with Gasteiger partial charge in [0.25, 0.3) is 0 Å². The SMILES string of the molecule is O=C[C@H](Cc1cc(F)cc(F)c1)NC(=O)O. The van der Waals surface area contributed by atoms with Crippen LogP contribution >= 0.6 is 0 Å². The first-order valence-corrected chi connectivity index (χ1v) is 4.41. The van der Waals surface area contributed by atoms with Crippen LogP contribution in [0.25, 0.3) is 0 Å². The van der Waals surface area contributed by atoms with E-state index in [1.165, 1.54) is 0 Å². The topological polar surface area (TPSA) is 66.4 Å². The van der Waals surface area contributed by atoms with Crippen LogP contribution in [-0.4, -0.2) is 23.5 Å². The van der Waals surface area contributed by atoms with Gasteiger partial charge in [0.1, 0.15) is 17.9 Å². The van der Waals surface area contributed by atoms with E-state index in [0.29, 0.717) is 12.4 Å². The van der Waals surface area contributed by atoms with Crippen molar-refractivity contribution in [3.63, 3.8) is 0 Å². The van der Waals surface area contributed by atoms with E-state index in [4.69, 9.17) is 5.11 Å². The maximum atomic E-state index is 12.8. The third kappa shape index (κ3) is 3.64. The lowest BCUT2D eigenvalue weighted by Crippen LogP contribution is -2.36. The molecule has 1 rings (SSSR count). The smallest absolute Gasteiger partial charge is 0.405 e. The van der Waals surface area contributed by atoms with Crippen molar-refractivity contribution >= 4 is 12.4 Å². The van der Waals surface area contributed by atoms with Crippen LogP contribution in [0.1, 0.15) is 5.56 Å². The Labute approximate surface area is 89.9 Å². The van der Waals surface area contributed by atoms with Crippen LogP contribution < -0.4 is 5.32 Å². The van der Waals surface area contributed by atoms with Crippen LogP contribution in [0.2, 0.25) is 0 Å². The summed E-state index contributed by atoms with van der Waals surface area (Å²) in [6.45, 7) is 0. The van der Waals surface area contributed by atoms with E-state index in [0.717, 1.165) is 12.1 Å². The van der Waals surface area contributed by atoms with Crippen molar-refractivity contribution in [2.75, 3.05) is 0 Å². The van der Waals surface area contributed by atoms with Crippen LogP contribution in [0, 0.1) is 11.6 Å². The molecule has 6 heteroatoms. The fourth-order valence-electron chi connectivity index (χ4n) is 1.27. The monoisotopic (exact) mass is 229 g/mol. The summed E-state index contributed by atoms with van der Waals surface area (Å²) in [6, 6.07) is 1.77. The highest BCUT2D eigenvalue weighted by molar-refractivity contribution is 5.71. The van der Waals surface area contributed by atoms with Gasteiger partial charge in [-0.05, 0) is 24.1 Å². The lowest BCUT2D eigenvalue weighted by atomic mass is 10.1. The second kappa shape index (κ2) is 5.20. The fourth-order valence-corrected chi connectivity index (χ4v) is 1.27. The van der Waals surface area contributed by atoms with Gasteiger partial charge >= 0.3 is 6.09 Å². The van der Waals surface area contributed by atoms with Crippen molar-refractivity contribution in [2.24, 2.45) is 0 Å². The molecule has 0 aromatic heterocycles. The van der Waals surface area contributed by atoms with E-state index in [1.807, 2.05) is 5.32 Å². The number of aldehydes is 1. The quantitative estimate of drug-likeness (QED) is 0.765. The molecule has 0 saturated carbocycles. The summed E-state index contributed by atoms with van der Waals surface area (Å²) in [5.41, 5.74) is 0.211. The summed E-state index contributed by atoms with van der Waals surface area (Å²) in [4.78, 5) is 20.8. The molecule has 86 valence electrons. The molecule has 0 unspecified atom stereocenters. The predicted octanol–water partition coefficient (Wildman–Crippen LogP) is 1.34. The standard InChI is InChI=1S/C10H9F2NO3/c11-7-1-6(2-8(12)4-7)3-9(5-14)13-10(15)16/h1-2,4-5,9,13H,3H2,(H,15,16)/t9-/m0/s1. The van der Waals surface area contributed by atoms with Crippen molar-refractivity contribution in [3.8, 4) is 0 Å². The average Bonchev–Trinajstić information content (AvgIpc) is 2.14. The fraction of sp³-hybridized carbons (Fsp3) is 0.200. The van der Waals surface area contributed by atoms with Crippen molar-refractivity contribution in [3.05, 3.63) is 35.4 Å². The minimum Gasteiger partial charge on any atom is -0.465 e. The minimum absolute atomic E-state index is 0.0928. The van der Waals surface area contributed by atoms with E-state index >= 15 is 0 Å². The maximum absolute atomic E-state index is 12.8. The number of halogens is 2. The molecule has 0 spiro atoms. The van der Waals surface area contributed by atoms with Crippen molar-refractivity contribution < 1.29 is 23.5 Å². The molecule has 1 aromatic carbocycles. The van der Waals surface area contributed by atoms with Gasteiger partial charge in [-0.15, -0.1) is 0 Å². The van der Waals surface area contributed by atoms with Crippen LogP contribution in [0.15, 0.2) is 18.2 Å². The number of hydrogen-bond donors (Lipinski definition) is 2. The number of carbonyl (C=O) groups excluding carboxylic acids is 1. The summed E-state index contributed by atoms with van der Waals surface area (Å²) in [6.07, 6.45) is -1.09. The molecule has 1 atom stereocenters. The lowest BCUT2D eigenvalue weighted by Gasteiger charge is -2.10. The lowest BCUT2D eigenvalue weighted by molar-refractivity contribution is -0.109. The van der Waals surface area contributed by atoms with Gasteiger partial charge in [0.2, 0.25) is 0 Å². The number of nitrogens with one attached hydrogen (secondary N) is 1. The van der Waals surface area contributed by atoms with E-state index < -0.39 is 23.8 Å². The molecule has 2 N–H and O–H groups in total. The zero-order valence-corrected chi connectivity index (χ0v) is 8.11. The molecule has 1 amide bonds. The molecule has 0 fully saturated rings. The van der Waals surface area contributed by atoms with Gasteiger partial charge in [0.15, 0.2) is 0 Å². The largest absolute Gasteiger partial charge is 0.465 e. The molecule has 0 aliphatic rings. The van der Waals surface area contributed by atoms with E-state index in [-0.39, 0.29) is 12.0 Å². The Bertz CT molecular complexity index is 389. The molecular formula is C10H9F2NO3. The van der Waals surface area contributed by atoms with Gasteiger partial charge in [-0.3, -0.25) is 0 Å². The Hall–Kier alpha value is -1.98. The Morgan fingerprint density at radius 3 is 2.38 bits per heavy atom. The number of benzene rings is 1. The zero-order valence-electron chi connectivity index (χ0n) is 8.11. The second-order valence-electron chi connectivity index (χ2n) is 3.17. The van der Waals surface area contributed by atoms with Crippen molar-refractivity contribution in [2.45, 2.75) is 12.5 Å². The van der Waals surface area contributed by atoms with Gasteiger partial charge in [-0.25, -0.2) is 13.6 Å². The molecule has 4 nitrogen and oxygen atoms in total. The summed E-state index contributed by atoms with van der Waals surface area (Å²) in [7, 11) is 0. The highest BCUT2D eigenvalue weighted by atomic mass is 19.1. The highest BCUT2D eigenvalue weighted by Gasteiger charge is 2.12. The Morgan fingerprint density at radius 1 is 1.38 bits per heavy atom. The molecule has 0 aliphatic heterocycles. The molecule has 0 aliphatic carbocycles. The first kappa shape index (κ1) is 12.1. The number of amides is 1. The minimum atomic E-state index is -1.37.